The van der Waals surface area contributed by atoms with E-state index in [2.05, 4.69) is 0 Å². The Morgan fingerprint density at radius 3 is 1.65 bits per heavy atom. The molecule has 0 saturated carbocycles. The fourth-order valence-electron chi connectivity index (χ4n) is 3.28. The molecule has 0 atom stereocenters. The number of amides is 1. The molecule has 8 nitrogen and oxygen atoms in total. The molecule has 0 saturated heterocycles. The first kappa shape index (κ1) is 21.8. The Kier molecular flexibility index (Phi) is 5.22. The predicted molar refractivity (Wildman–Crippen MR) is 98.3 cm³/mol. The Hall–Kier alpha value is -3.89. The highest BCUT2D eigenvalue weighted by Gasteiger charge is 2.41. The number of alkyl halides is 3. The summed E-state index contributed by atoms with van der Waals surface area (Å²) in [5, 5.41) is 0. The zero-order valence-corrected chi connectivity index (χ0v) is 16.3. The van der Waals surface area contributed by atoms with E-state index in [4.69, 9.17) is 19.9 Å². The lowest BCUT2D eigenvalue weighted by Crippen LogP contribution is -2.19. The third-order valence-corrected chi connectivity index (χ3v) is 4.23. The molecule has 2 aromatic rings. The van der Waals surface area contributed by atoms with Crippen molar-refractivity contribution in [2.45, 2.75) is 26.9 Å². The SMILES string of the molecule is CC(=O)Oc1c(C(N)=O)c(OC(C)=O)c2c(OC(C)=O)c1-c1ccc(C(F)(F)F)cc1-2. The molecule has 2 bridgehead atoms. The first-order chi connectivity index (χ1) is 14.3. The lowest BCUT2D eigenvalue weighted by atomic mass is 10.0. The molecule has 3 rings (SSSR count). The van der Waals surface area contributed by atoms with Crippen LogP contribution in [0.15, 0.2) is 18.2 Å². The van der Waals surface area contributed by atoms with E-state index in [1.807, 2.05) is 0 Å². The summed E-state index contributed by atoms with van der Waals surface area (Å²) >= 11 is 0. The van der Waals surface area contributed by atoms with Crippen LogP contribution >= 0.6 is 0 Å². The van der Waals surface area contributed by atoms with Gasteiger partial charge in [0.2, 0.25) is 0 Å². The Morgan fingerprint density at radius 2 is 1.23 bits per heavy atom. The molecular formula is C20H14F3NO7. The quantitative estimate of drug-likeness (QED) is 0.491. The van der Waals surface area contributed by atoms with Crippen LogP contribution < -0.4 is 19.9 Å². The molecule has 0 spiro atoms. The van der Waals surface area contributed by atoms with Gasteiger partial charge in [-0.2, -0.15) is 13.2 Å². The smallest absolute Gasteiger partial charge is 0.416 e. The van der Waals surface area contributed by atoms with E-state index in [0.29, 0.717) is 0 Å². The molecule has 0 heterocycles. The molecule has 0 radical (unpaired) electrons. The fraction of sp³-hybridized carbons (Fsp3) is 0.200. The molecule has 162 valence electrons. The molecular weight excluding hydrogens is 423 g/mol. The van der Waals surface area contributed by atoms with Crippen LogP contribution in [-0.2, 0) is 20.6 Å². The number of benzene rings is 2. The second kappa shape index (κ2) is 7.42. The number of carbonyl (C=O) groups is 4. The van der Waals surface area contributed by atoms with Gasteiger partial charge in [0.05, 0.1) is 16.7 Å². The summed E-state index contributed by atoms with van der Waals surface area (Å²) in [7, 11) is 0. The molecule has 0 aliphatic heterocycles. The Morgan fingerprint density at radius 1 is 0.774 bits per heavy atom. The minimum atomic E-state index is -4.72. The second-order valence-electron chi connectivity index (χ2n) is 6.52. The van der Waals surface area contributed by atoms with Gasteiger partial charge in [0.1, 0.15) is 5.56 Å². The van der Waals surface area contributed by atoms with Crippen molar-refractivity contribution in [1.82, 2.24) is 0 Å². The molecule has 1 aliphatic rings. The summed E-state index contributed by atoms with van der Waals surface area (Å²) in [6, 6.07) is 2.56. The van der Waals surface area contributed by atoms with Crippen LogP contribution in [0.5, 0.6) is 17.2 Å². The number of fused-ring (bicyclic) bond motifs is 5. The molecule has 2 N–H and O–H groups in total. The van der Waals surface area contributed by atoms with E-state index in [0.717, 1.165) is 39.0 Å². The van der Waals surface area contributed by atoms with Gasteiger partial charge in [-0.1, -0.05) is 6.07 Å². The molecule has 0 aromatic heterocycles. The van der Waals surface area contributed by atoms with Gasteiger partial charge in [-0.25, -0.2) is 0 Å². The van der Waals surface area contributed by atoms with E-state index in [1.54, 1.807) is 0 Å². The average Bonchev–Trinajstić information content (AvgIpc) is 2.84. The van der Waals surface area contributed by atoms with Crippen molar-refractivity contribution in [3.05, 3.63) is 29.3 Å². The van der Waals surface area contributed by atoms with Crippen LogP contribution in [0.2, 0.25) is 0 Å². The number of carbonyl (C=O) groups excluding carboxylic acids is 4. The standard InChI is InChI=1S/C20H14F3NO7/c1-7(25)29-16-13-11-5-4-10(20(21,22)23)6-12(11)14(16)18(31-9(3)27)15(19(24)28)17(13)30-8(2)26/h4-6H,1-3H3,(H2,24,28). The van der Waals surface area contributed by atoms with Crippen LogP contribution in [-0.4, -0.2) is 23.8 Å². The molecule has 0 unspecified atom stereocenters. The normalized spacial score (nSPS) is 11.5. The maximum absolute atomic E-state index is 13.3. The first-order valence-corrected chi connectivity index (χ1v) is 8.63. The number of primary amides is 1. The highest BCUT2D eigenvalue weighted by molar-refractivity contribution is 6.14. The fourth-order valence-corrected chi connectivity index (χ4v) is 3.28. The highest BCUT2D eigenvalue weighted by Crippen LogP contribution is 2.61. The number of halogens is 3. The van der Waals surface area contributed by atoms with Crippen LogP contribution in [0, 0.1) is 0 Å². The summed E-state index contributed by atoms with van der Waals surface area (Å²) in [6.07, 6.45) is -4.72. The molecule has 1 aliphatic carbocycles. The van der Waals surface area contributed by atoms with Crippen LogP contribution in [0.4, 0.5) is 13.2 Å². The maximum atomic E-state index is 13.3. The monoisotopic (exact) mass is 437 g/mol. The maximum Gasteiger partial charge on any atom is 0.416 e. The number of ether oxygens (including phenoxy) is 3. The molecule has 0 fully saturated rings. The van der Waals surface area contributed by atoms with Crippen molar-refractivity contribution >= 4 is 23.8 Å². The van der Waals surface area contributed by atoms with Crippen molar-refractivity contribution in [3.8, 4) is 39.5 Å². The number of esters is 3. The highest BCUT2D eigenvalue weighted by atomic mass is 19.4. The zero-order valence-electron chi connectivity index (χ0n) is 16.3. The van der Waals surface area contributed by atoms with Gasteiger partial charge >= 0.3 is 24.1 Å². The zero-order chi connectivity index (χ0) is 23.2. The van der Waals surface area contributed by atoms with Gasteiger partial charge in [-0.05, 0) is 23.3 Å². The van der Waals surface area contributed by atoms with E-state index in [1.165, 1.54) is 0 Å². The molecule has 2 aromatic carbocycles. The summed E-state index contributed by atoms with van der Waals surface area (Å²) in [5.74, 6) is -5.33. The summed E-state index contributed by atoms with van der Waals surface area (Å²) in [5.41, 5.74) is 3.28. The predicted octanol–water partition coefficient (Wildman–Crippen LogP) is 3.23. The van der Waals surface area contributed by atoms with E-state index >= 15 is 0 Å². The lowest BCUT2D eigenvalue weighted by Gasteiger charge is -2.17. The average molecular weight is 437 g/mol. The summed E-state index contributed by atoms with van der Waals surface area (Å²) in [6.45, 7) is 3.01. The number of rotatable bonds is 4. The first-order valence-electron chi connectivity index (χ1n) is 8.63. The third kappa shape index (κ3) is 3.81. The largest absolute Gasteiger partial charge is 0.425 e. The Balaban J connectivity index is 2.52. The molecule has 11 heteroatoms. The van der Waals surface area contributed by atoms with E-state index < -0.39 is 52.6 Å². The third-order valence-electron chi connectivity index (χ3n) is 4.23. The summed E-state index contributed by atoms with van der Waals surface area (Å²) in [4.78, 5) is 47.3. The second-order valence-corrected chi connectivity index (χ2v) is 6.52. The van der Waals surface area contributed by atoms with Gasteiger partial charge < -0.3 is 19.9 Å². The van der Waals surface area contributed by atoms with Crippen LogP contribution in [0.1, 0.15) is 36.7 Å². The Bertz CT molecular complexity index is 1170. The van der Waals surface area contributed by atoms with Gasteiger partial charge in [-0.3, -0.25) is 19.2 Å². The Labute approximate surface area is 172 Å². The number of hydrogen-bond donors (Lipinski definition) is 1. The number of hydrogen-bond acceptors (Lipinski definition) is 7. The minimum Gasteiger partial charge on any atom is -0.425 e. The topological polar surface area (TPSA) is 122 Å². The van der Waals surface area contributed by atoms with E-state index in [9.17, 15) is 32.3 Å². The minimum absolute atomic E-state index is 0.0522. The van der Waals surface area contributed by atoms with Gasteiger partial charge in [0.25, 0.3) is 5.91 Å². The van der Waals surface area contributed by atoms with Crippen molar-refractivity contribution < 1.29 is 46.6 Å². The summed E-state index contributed by atoms with van der Waals surface area (Å²) < 4.78 is 55.3. The molecule has 31 heavy (non-hydrogen) atoms. The lowest BCUT2D eigenvalue weighted by molar-refractivity contribution is -0.137. The van der Waals surface area contributed by atoms with E-state index in [-0.39, 0.29) is 28.0 Å². The van der Waals surface area contributed by atoms with Gasteiger partial charge in [-0.15, -0.1) is 0 Å². The molecule has 1 amide bonds. The van der Waals surface area contributed by atoms with Gasteiger partial charge in [0.15, 0.2) is 17.2 Å². The van der Waals surface area contributed by atoms with Crippen molar-refractivity contribution in [2.75, 3.05) is 0 Å². The van der Waals surface area contributed by atoms with Gasteiger partial charge in [0, 0.05) is 20.8 Å². The number of nitrogens with two attached hydrogens (primary N) is 1. The van der Waals surface area contributed by atoms with Crippen molar-refractivity contribution in [1.29, 1.82) is 0 Å². The van der Waals surface area contributed by atoms with Crippen molar-refractivity contribution in [2.24, 2.45) is 5.73 Å². The van der Waals surface area contributed by atoms with Crippen LogP contribution in [0.25, 0.3) is 22.3 Å². The van der Waals surface area contributed by atoms with Crippen LogP contribution in [0.3, 0.4) is 0 Å². The van der Waals surface area contributed by atoms with Crippen molar-refractivity contribution in [3.63, 3.8) is 0 Å².